The van der Waals surface area contributed by atoms with Crippen LogP contribution in [-0.2, 0) is 20.2 Å². The average Bonchev–Trinajstić information content (AvgIpc) is 3.04. The zero-order valence-corrected chi connectivity index (χ0v) is 16.4. The lowest BCUT2D eigenvalue weighted by Gasteiger charge is -2.09. The van der Waals surface area contributed by atoms with Crippen LogP contribution < -0.4 is 10.1 Å². The smallest absolute Gasteiger partial charge is 0.251 e. The lowest BCUT2D eigenvalue weighted by Crippen LogP contribution is -2.24. The summed E-state index contributed by atoms with van der Waals surface area (Å²) in [6.45, 7) is 0.806. The van der Waals surface area contributed by atoms with E-state index >= 15 is 0 Å². The van der Waals surface area contributed by atoms with E-state index in [4.69, 9.17) is 16.3 Å². The summed E-state index contributed by atoms with van der Waals surface area (Å²) >= 11 is 9.50. The van der Waals surface area contributed by atoms with E-state index in [0.29, 0.717) is 29.5 Å². The number of carbonyl (C=O) groups excluding carboxylic acids is 1. The van der Waals surface area contributed by atoms with Crippen LogP contribution in [-0.4, -0.2) is 15.7 Å². The third kappa shape index (κ3) is 4.65. The van der Waals surface area contributed by atoms with Crippen LogP contribution in [0.2, 0.25) is 5.02 Å². The molecule has 1 amide bonds. The molecule has 134 valence electrons. The van der Waals surface area contributed by atoms with Crippen molar-refractivity contribution in [1.29, 1.82) is 0 Å². The fraction of sp³-hybridized carbons (Fsp3) is 0.158. The molecule has 0 aliphatic carbocycles. The van der Waals surface area contributed by atoms with E-state index in [-0.39, 0.29) is 5.91 Å². The predicted molar refractivity (Wildman–Crippen MR) is 104 cm³/mol. The molecule has 0 atom stereocenters. The van der Waals surface area contributed by atoms with Gasteiger partial charge in [-0.2, -0.15) is 5.10 Å². The number of carbonyl (C=O) groups is 1. The van der Waals surface area contributed by atoms with Crippen LogP contribution in [0.15, 0.2) is 59.2 Å². The number of rotatable bonds is 6. The lowest BCUT2D eigenvalue weighted by molar-refractivity contribution is 0.0950. The maximum Gasteiger partial charge on any atom is 0.251 e. The molecular formula is C19H17BrClN3O2. The number of ether oxygens (including phenoxy) is 1. The number of aryl methyl sites for hydroxylation is 1. The minimum atomic E-state index is -0.130. The predicted octanol–water partition coefficient (Wildman–Crippen LogP) is 4.35. The summed E-state index contributed by atoms with van der Waals surface area (Å²) in [6, 6.07) is 14.6. The van der Waals surface area contributed by atoms with Crippen molar-refractivity contribution in [1.82, 2.24) is 15.1 Å². The normalized spacial score (nSPS) is 10.6. The van der Waals surface area contributed by atoms with Gasteiger partial charge in [0.05, 0.1) is 17.3 Å². The molecule has 3 rings (SSSR count). The van der Waals surface area contributed by atoms with Crippen LogP contribution in [0.4, 0.5) is 0 Å². The molecule has 26 heavy (non-hydrogen) atoms. The molecule has 5 nitrogen and oxygen atoms in total. The molecular weight excluding hydrogens is 418 g/mol. The van der Waals surface area contributed by atoms with Crippen LogP contribution in [0.5, 0.6) is 5.75 Å². The van der Waals surface area contributed by atoms with Gasteiger partial charge < -0.3 is 10.1 Å². The van der Waals surface area contributed by atoms with Gasteiger partial charge in [0.1, 0.15) is 12.4 Å². The number of aromatic nitrogens is 2. The first-order chi connectivity index (χ1) is 12.5. The van der Waals surface area contributed by atoms with Crippen LogP contribution >= 0.6 is 27.5 Å². The number of hydrogen-bond donors (Lipinski definition) is 1. The molecule has 0 fully saturated rings. The van der Waals surface area contributed by atoms with E-state index in [1.165, 1.54) is 0 Å². The Bertz CT molecular complexity index is 909. The molecule has 0 bridgehead atoms. The van der Waals surface area contributed by atoms with Crippen molar-refractivity contribution in [2.75, 3.05) is 0 Å². The van der Waals surface area contributed by atoms with E-state index in [1.807, 2.05) is 37.4 Å². The van der Waals surface area contributed by atoms with Crippen LogP contribution in [0.1, 0.15) is 21.6 Å². The van der Waals surface area contributed by atoms with Gasteiger partial charge in [-0.25, -0.2) is 0 Å². The summed E-state index contributed by atoms with van der Waals surface area (Å²) in [4.78, 5) is 12.2. The standard InChI is InChI=1S/C19H17BrClN3O2/c1-24-16(8-9-23-24)11-22-19(25)14-4-2-13(3-5-14)12-26-18-7-6-15(20)10-17(18)21/h2-10H,11-12H2,1H3,(H,22,25). The summed E-state index contributed by atoms with van der Waals surface area (Å²) < 4.78 is 8.35. The molecule has 0 spiro atoms. The van der Waals surface area contributed by atoms with Gasteiger partial charge in [-0.05, 0) is 42.0 Å². The number of nitrogens with zero attached hydrogens (tertiary/aromatic N) is 2. The molecule has 0 saturated heterocycles. The molecule has 1 aromatic heterocycles. The fourth-order valence-corrected chi connectivity index (χ4v) is 3.08. The second-order valence-electron chi connectivity index (χ2n) is 5.69. The van der Waals surface area contributed by atoms with Gasteiger partial charge in [-0.3, -0.25) is 9.48 Å². The van der Waals surface area contributed by atoms with Gasteiger partial charge in [0, 0.05) is 23.3 Å². The van der Waals surface area contributed by atoms with Gasteiger partial charge in [-0.1, -0.05) is 39.7 Å². The number of amides is 1. The zero-order chi connectivity index (χ0) is 18.5. The van der Waals surface area contributed by atoms with Gasteiger partial charge in [0.25, 0.3) is 5.91 Å². The van der Waals surface area contributed by atoms with Crippen molar-refractivity contribution in [3.63, 3.8) is 0 Å². The highest BCUT2D eigenvalue weighted by Gasteiger charge is 2.07. The highest BCUT2D eigenvalue weighted by Crippen LogP contribution is 2.28. The molecule has 0 radical (unpaired) electrons. The summed E-state index contributed by atoms with van der Waals surface area (Å²) in [5, 5.41) is 7.50. The maximum absolute atomic E-state index is 12.2. The minimum Gasteiger partial charge on any atom is -0.487 e. The molecule has 2 aromatic carbocycles. The third-order valence-corrected chi connectivity index (χ3v) is 4.65. The average molecular weight is 435 g/mol. The quantitative estimate of drug-likeness (QED) is 0.628. The van der Waals surface area contributed by atoms with Crippen LogP contribution in [0, 0.1) is 0 Å². The Labute approximate surface area is 165 Å². The van der Waals surface area contributed by atoms with Crippen molar-refractivity contribution in [2.24, 2.45) is 7.05 Å². The summed E-state index contributed by atoms with van der Waals surface area (Å²) in [5.41, 5.74) is 2.49. The number of halogens is 2. The van der Waals surface area contributed by atoms with Crippen molar-refractivity contribution in [3.8, 4) is 5.75 Å². The lowest BCUT2D eigenvalue weighted by atomic mass is 10.1. The third-order valence-electron chi connectivity index (χ3n) is 3.86. The van der Waals surface area contributed by atoms with Crippen molar-refractivity contribution in [2.45, 2.75) is 13.2 Å². The molecule has 0 aliphatic rings. The molecule has 1 N–H and O–H groups in total. The first-order valence-corrected chi connectivity index (χ1v) is 9.12. The summed E-state index contributed by atoms with van der Waals surface area (Å²) in [5.74, 6) is 0.488. The van der Waals surface area contributed by atoms with Gasteiger partial charge in [0.2, 0.25) is 0 Å². The van der Waals surface area contributed by atoms with E-state index in [2.05, 4.69) is 26.3 Å². The summed E-state index contributed by atoms with van der Waals surface area (Å²) in [7, 11) is 1.84. The highest BCUT2D eigenvalue weighted by atomic mass is 79.9. The van der Waals surface area contributed by atoms with Gasteiger partial charge in [-0.15, -0.1) is 0 Å². The maximum atomic E-state index is 12.2. The number of nitrogens with one attached hydrogen (secondary N) is 1. The molecule has 0 aliphatic heterocycles. The van der Waals surface area contributed by atoms with Crippen LogP contribution in [0.25, 0.3) is 0 Å². The van der Waals surface area contributed by atoms with E-state index in [9.17, 15) is 4.79 Å². The second-order valence-corrected chi connectivity index (χ2v) is 7.01. The first kappa shape index (κ1) is 18.5. The van der Waals surface area contributed by atoms with E-state index in [0.717, 1.165) is 15.7 Å². The Balaban J connectivity index is 1.55. The van der Waals surface area contributed by atoms with Crippen molar-refractivity contribution < 1.29 is 9.53 Å². The van der Waals surface area contributed by atoms with E-state index in [1.54, 1.807) is 29.1 Å². The minimum absolute atomic E-state index is 0.130. The summed E-state index contributed by atoms with van der Waals surface area (Å²) in [6.07, 6.45) is 1.70. The Morgan fingerprint density at radius 2 is 2.00 bits per heavy atom. The molecule has 0 saturated carbocycles. The van der Waals surface area contributed by atoms with E-state index < -0.39 is 0 Å². The van der Waals surface area contributed by atoms with Crippen LogP contribution in [0.3, 0.4) is 0 Å². The first-order valence-electron chi connectivity index (χ1n) is 7.95. The number of hydrogen-bond acceptors (Lipinski definition) is 3. The Morgan fingerprint density at radius 3 is 2.65 bits per heavy atom. The number of benzene rings is 2. The largest absolute Gasteiger partial charge is 0.487 e. The fourth-order valence-electron chi connectivity index (χ4n) is 2.35. The molecule has 1 heterocycles. The highest BCUT2D eigenvalue weighted by molar-refractivity contribution is 9.10. The molecule has 0 unspecified atom stereocenters. The zero-order valence-electron chi connectivity index (χ0n) is 14.1. The Hall–Kier alpha value is -2.31. The second kappa shape index (κ2) is 8.38. The van der Waals surface area contributed by atoms with Crippen molar-refractivity contribution in [3.05, 3.63) is 81.0 Å². The molecule has 7 heteroatoms. The monoisotopic (exact) mass is 433 g/mol. The SMILES string of the molecule is Cn1nccc1CNC(=O)c1ccc(COc2ccc(Br)cc2Cl)cc1. The Morgan fingerprint density at radius 1 is 1.23 bits per heavy atom. The van der Waals surface area contributed by atoms with Gasteiger partial charge >= 0.3 is 0 Å². The Kier molecular flexibility index (Phi) is 5.96. The topological polar surface area (TPSA) is 56.2 Å². The van der Waals surface area contributed by atoms with Gasteiger partial charge in [0.15, 0.2) is 0 Å². The molecule has 3 aromatic rings. The van der Waals surface area contributed by atoms with Crippen molar-refractivity contribution >= 4 is 33.4 Å².